The molecule has 0 saturated heterocycles. The summed E-state index contributed by atoms with van der Waals surface area (Å²) in [7, 11) is 1.84. The Morgan fingerprint density at radius 2 is 2.07 bits per heavy atom. The first-order valence-corrected chi connectivity index (χ1v) is 12.0. The van der Waals surface area contributed by atoms with Gasteiger partial charge >= 0.3 is 0 Å². The van der Waals surface area contributed by atoms with Crippen LogP contribution in [0.1, 0.15) is 37.3 Å². The Morgan fingerprint density at radius 3 is 2.79 bits per heavy atom. The molecule has 1 fully saturated rings. The number of carbonyl (C=O) groups excluding carboxylic acids is 1. The number of aromatic nitrogens is 3. The van der Waals surface area contributed by atoms with Crippen LogP contribution in [0.4, 0.5) is 0 Å². The average molecular weight is 447 g/mol. The normalized spacial score (nSPS) is 14.4. The molecular weight excluding hydrogens is 424 g/mol. The maximum Gasteiger partial charge on any atom is 0.233 e. The summed E-state index contributed by atoms with van der Waals surface area (Å²) >= 11 is 9.54. The molecule has 2 aromatic heterocycles. The molecular formula is C21H23ClN4OS2. The van der Waals surface area contributed by atoms with E-state index in [1.165, 1.54) is 24.6 Å². The van der Waals surface area contributed by atoms with E-state index >= 15 is 0 Å². The van der Waals surface area contributed by atoms with Gasteiger partial charge in [0.05, 0.1) is 10.8 Å². The number of amides is 1. The first-order valence-electron chi connectivity index (χ1n) is 9.71. The largest absolute Gasteiger partial charge is 0.341 e. The molecule has 8 heteroatoms. The summed E-state index contributed by atoms with van der Waals surface area (Å²) in [6.07, 6.45) is 4.62. The van der Waals surface area contributed by atoms with E-state index in [9.17, 15) is 4.79 Å². The second kappa shape index (κ2) is 9.32. The number of rotatable bonds is 7. The van der Waals surface area contributed by atoms with E-state index in [0.29, 0.717) is 23.4 Å². The minimum atomic E-state index is 0.0847. The van der Waals surface area contributed by atoms with E-state index in [2.05, 4.69) is 20.1 Å². The Hall–Kier alpha value is -1.83. The molecule has 1 amide bonds. The number of thioether (sulfide) groups is 1. The zero-order valence-corrected chi connectivity index (χ0v) is 18.6. The minimum absolute atomic E-state index is 0.0847. The molecule has 1 aliphatic rings. The fourth-order valence-corrected chi connectivity index (χ4v) is 5.50. The van der Waals surface area contributed by atoms with Gasteiger partial charge in [-0.25, -0.2) is 0 Å². The zero-order valence-electron chi connectivity index (χ0n) is 16.3. The van der Waals surface area contributed by atoms with E-state index in [1.54, 1.807) is 16.2 Å². The van der Waals surface area contributed by atoms with Crippen LogP contribution in [-0.2, 0) is 11.3 Å². The van der Waals surface area contributed by atoms with E-state index in [1.807, 2.05) is 42.8 Å². The van der Waals surface area contributed by atoms with Crippen molar-refractivity contribution in [2.45, 2.75) is 43.4 Å². The Morgan fingerprint density at radius 1 is 1.28 bits per heavy atom. The topological polar surface area (TPSA) is 51.0 Å². The standard InChI is InChI=1S/C21H23ClN4OS2/c1-25(12-15-10-11-28-13-15)19(27)14-29-21-24-23-20(17-8-4-5-9-18(17)22)26(21)16-6-2-3-7-16/h4-5,8-11,13,16H,2-3,6-7,12,14H2,1H3. The van der Waals surface area contributed by atoms with E-state index in [-0.39, 0.29) is 5.91 Å². The molecule has 0 spiro atoms. The Balaban J connectivity index is 1.52. The first-order chi connectivity index (χ1) is 14.1. The highest BCUT2D eigenvalue weighted by molar-refractivity contribution is 7.99. The van der Waals surface area contributed by atoms with Crippen LogP contribution in [-0.4, -0.2) is 38.4 Å². The SMILES string of the molecule is CN(Cc1ccsc1)C(=O)CSc1nnc(-c2ccccc2Cl)n1C1CCCC1. The predicted octanol–water partition coefficient (Wildman–Crippen LogP) is 5.53. The Bertz CT molecular complexity index is 967. The summed E-state index contributed by atoms with van der Waals surface area (Å²) in [4.78, 5) is 14.4. The molecule has 0 aliphatic heterocycles. The number of thiophene rings is 1. The molecule has 0 unspecified atom stereocenters. The molecule has 0 bridgehead atoms. The number of benzene rings is 1. The van der Waals surface area contributed by atoms with Gasteiger partial charge in [-0.1, -0.05) is 48.3 Å². The van der Waals surface area contributed by atoms with Crippen LogP contribution in [0.2, 0.25) is 5.02 Å². The van der Waals surface area contributed by atoms with Gasteiger partial charge in [-0.2, -0.15) is 11.3 Å². The Labute approximate surface area is 184 Å². The average Bonchev–Trinajstić information content (AvgIpc) is 3.47. The van der Waals surface area contributed by atoms with Crippen LogP contribution >= 0.6 is 34.7 Å². The van der Waals surface area contributed by atoms with Crippen LogP contribution in [0.5, 0.6) is 0 Å². The molecule has 1 aromatic carbocycles. The minimum Gasteiger partial charge on any atom is -0.341 e. The van der Waals surface area contributed by atoms with Gasteiger partial charge in [-0.3, -0.25) is 9.36 Å². The molecule has 5 nitrogen and oxygen atoms in total. The molecule has 1 saturated carbocycles. The lowest BCUT2D eigenvalue weighted by molar-refractivity contribution is -0.127. The van der Waals surface area contributed by atoms with Gasteiger partial charge in [-0.15, -0.1) is 10.2 Å². The predicted molar refractivity (Wildman–Crippen MR) is 119 cm³/mol. The van der Waals surface area contributed by atoms with Crippen LogP contribution in [0.15, 0.2) is 46.2 Å². The van der Waals surface area contributed by atoms with Crippen molar-refractivity contribution in [3.05, 3.63) is 51.7 Å². The third-order valence-electron chi connectivity index (χ3n) is 5.22. The van der Waals surface area contributed by atoms with Crippen molar-refractivity contribution >= 4 is 40.6 Å². The molecule has 2 heterocycles. The summed E-state index contributed by atoms with van der Waals surface area (Å²) in [6.45, 7) is 0.628. The van der Waals surface area contributed by atoms with Crippen molar-refractivity contribution in [2.75, 3.05) is 12.8 Å². The molecule has 1 aliphatic carbocycles. The third kappa shape index (κ3) is 4.68. The highest BCUT2D eigenvalue weighted by Gasteiger charge is 2.26. The first kappa shape index (κ1) is 20.4. The molecule has 0 radical (unpaired) electrons. The van der Waals surface area contributed by atoms with Gasteiger partial charge in [0, 0.05) is 25.2 Å². The van der Waals surface area contributed by atoms with Crippen LogP contribution in [0.3, 0.4) is 0 Å². The molecule has 0 atom stereocenters. The fourth-order valence-electron chi connectivity index (χ4n) is 3.67. The van der Waals surface area contributed by atoms with Gasteiger partial charge in [-0.05, 0) is 47.4 Å². The molecule has 0 N–H and O–H groups in total. The maximum atomic E-state index is 12.6. The van der Waals surface area contributed by atoms with E-state index in [0.717, 1.165) is 34.9 Å². The van der Waals surface area contributed by atoms with Gasteiger partial charge in [0.25, 0.3) is 0 Å². The van der Waals surface area contributed by atoms with Crippen LogP contribution < -0.4 is 0 Å². The van der Waals surface area contributed by atoms with Crippen LogP contribution in [0, 0.1) is 0 Å². The number of halogens is 1. The summed E-state index contributed by atoms with van der Waals surface area (Å²) < 4.78 is 2.20. The Kier molecular flexibility index (Phi) is 6.57. The number of nitrogens with zero attached hydrogens (tertiary/aromatic N) is 4. The molecule has 29 heavy (non-hydrogen) atoms. The van der Waals surface area contributed by atoms with E-state index < -0.39 is 0 Å². The van der Waals surface area contributed by atoms with Gasteiger partial charge in [0.1, 0.15) is 0 Å². The monoisotopic (exact) mass is 446 g/mol. The number of hydrogen-bond donors (Lipinski definition) is 0. The van der Waals surface area contributed by atoms with E-state index in [4.69, 9.17) is 11.6 Å². The lowest BCUT2D eigenvalue weighted by atomic mass is 10.2. The summed E-state index contributed by atoms with van der Waals surface area (Å²) in [5.74, 6) is 1.22. The second-order valence-electron chi connectivity index (χ2n) is 7.26. The second-order valence-corrected chi connectivity index (χ2v) is 9.39. The van der Waals surface area contributed by atoms with Crippen LogP contribution in [0.25, 0.3) is 11.4 Å². The highest BCUT2D eigenvalue weighted by Crippen LogP contribution is 2.38. The molecule has 152 valence electrons. The zero-order chi connectivity index (χ0) is 20.2. The lowest BCUT2D eigenvalue weighted by Gasteiger charge is -2.19. The van der Waals surface area contributed by atoms with Gasteiger partial charge in [0.2, 0.25) is 5.91 Å². The van der Waals surface area contributed by atoms with Crippen molar-refractivity contribution in [1.82, 2.24) is 19.7 Å². The molecule has 3 aromatic rings. The van der Waals surface area contributed by atoms with Crippen molar-refractivity contribution < 1.29 is 4.79 Å². The van der Waals surface area contributed by atoms with Crippen molar-refractivity contribution in [3.8, 4) is 11.4 Å². The summed E-state index contributed by atoms with van der Waals surface area (Å²) in [5, 5.41) is 14.5. The lowest BCUT2D eigenvalue weighted by Crippen LogP contribution is -2.27. The summed E-state index contributed by atoms with van der Waals surface area (Å²) in [5.41, 5.74) is 2.05. The number of hydrogen-bond acceptors (Lipinski definition) is 5. The maximum absolute atomic E-state index is 12.6. The van der Waals surface area contributed by atoms with Crippen molar-refractivity contribution in [1.29, 1.82) is 0 Å². The number of carbonyl (C=O) groups is 1. The van der Waals surface area contributed by atoms with Crippen molar-refractivity contribution in [3.63, 3.8) is 0 Å². The smallest absolute Gasteiger partial charge is 0.233 e. The van der Waals surface area contributed by atoms with Gasteiger partial charge < -0.3 is 4.90 Å². The molecule has 4 rings (SSSR count). The summed E-state index contributed by atoms with van der Waals surface area (Å²) in [6, 6.07) is 10.1. The quantitative estimate of drug-likeness (QED) is 0.448. The highest BCUT2D eigenvalue weighted by atomic mass is 35.5. The fraction of sp³-hybridized carbons (Fsp3) is 0.381. The van der Waals surface area contributed by atoms with Gasteiger partial charge in [0.15, 0.2) is 11.0 Å². The van der Waals surface area contributed by atoms with Crippen molar-refractivity contribution in [2.24, 2.45) is 0 Å². The third-order valence-corrected chi connectivity index (χ3v) is 7.21.